The fraction of sp³-hybridized carbons (Fsp3) is 0.647. The molecule has 4 nitrogen and oxygen atoms in total. The Morgan fingerprint density at radius 1 is 1.17 bits per heavy atom. The molecule has 0 saturated carbocycles. The van der Waals surface area contributed by atoms with Crippen LogP contribution in [0.25, 0.3) is 0 Å². The maximum atomic E-state index is 12.7. The van der Waals surface area contributed by atoms with Crippen molar-refractivity contribution < 1.29 is 8.42 Å². The fourth-order valence-corrected chi connectivity index (χ4v) is 4.88. The summed E-state index contributed by atoms with van der Waals surface area (Å²) in [4.78, 5) is 0.465. The van der Waals surface area contributed by atoms with E-state index in [2.05, 4.69) is 16.1 Å². The van der Waals surface area contributed by atoms with E-state index < -0.39 is 10.0 Å². The van der Waals surface area contributed by atoms with E-state index in [1.807, 2.05) is 27.7 Å². The highest BCUT2D eigenvalue weighted by molar-refractivity contribution is 7.89. The van der Waals surface area contributed by atoms with Crippen molar-refractivity contribution >= 4 is 22.4 Å². The van der Waals surface area contributed by atoms with E-state index in [-0.39, 0.29) is 12.4 Å². The lowest BCUT2D eigenvalue weighted by molar-refractivity contribution is 0.358. The fourth-order valence-electron chi connectivity index (χ4n) is 3.22. The molecule has 1 unspecified atom stereocenters. The van der Waals surface area contributed by atoms with Gasteiger partial charge < -0.3 is 5.32 Å². The van der Waals surface area contributed by atoms with E-state index in [0.717, 1.165) is 41.8 Å². The molecule has 1 heterocycles. The molecule has 0 spiro atoms. The van der Waals surface area contributed by atoms with Crippen LogP contribution < -0.4 is 10.0 Å². The standard InChI is InChI=1S/C17H28N2O2S.ClH/c1-12-10-13(2)15(4)17(14(12)3)22(20,21)19-9-7-16-6-5-8-18-11-16;/h10,16,18-19H,5-9,11H2,1-4H3;1H. The minimum Gasteiger partial charge on any atom is -0.316 e. The van der Waals surface area contributed by atoms with Crippen LogP contribution in [-0.4, -0.2) is 28.1 Å². The van der Waals surface area contributed by atoms with E-state index >= 15 is 0 Å². The lowest BCUT2D eigenvalue weighted by Gasteiger charge is -2.23. The molecular formula is C17H29ClN2O2S. The monoisotopic (exact) mass is 360 g/mol. The van der Waals surface area contributed by atoms with Gasteiger partial charge in [0.05, 0.1) is 4.90 Å². The predicted molar refractivity (Wildman–Crippen MR) is 98.0 cm³/mol. The summed E-state index contributed by atoms with van der Waals surface area (Å²) in [6, 6.07) is 2.05. The minimum atomic E-state index is -3.44. The van der Waals surface area contributed by atoms with Gasteiger partial charge in [0.2, 0.25) is 10.0 Å². The summed E-state index contributed by atoms with van der Waals surface area (Å²) in [6.07, 6.45) is 3.28. The number of halogens is 1. The van der Waals surface area contributed by atoms with Crippen molar-refractivity contribution in [1.82, 2.24) is 10.0 Å². The van der Waals surface area contributed by atoms with Crippen LogP contribution in [0.15, 0.2) is 11.0 Å². The zero-order chi connectivity index (χ0) is 16.3. The van der Waals surface area contributed by atoms with Crippen LogP contribution in [0.5, 0.6) is 0 Å². The Hall–Kier alpha value is -0.620. The molecule has 1 aliphatic heterocycles. The molecule has 2 N–H and O–H groups in total. The SMILES string of the molecule is Cc1cc(C)c(C)c(S(=O)(=O)NCCC2CCCNC2)c1C.Cl. The molecule has 2 rings (SSSR count). The van der Waals surface area contributed by atoms with Crippen LogP contribution in [-0.2, 0) is 10.0 Å². The Morgan fingerprint density at radius 2 is 1.78 bits per heavy atom. The Labute approximate surface area is 146 Å². The summed E-state index contributed by atoms with van der Waals surface area (Å²) < 4.78 is 28.2. The number of hydrogen-bond donors (Lipinski definition) is 2. The van der Waals surface area contributed by atoms with Crippen LogP contribution >= 0.6 is 12.4 Å². The third-order valence-electron chi connectivity index (χ3n) is 4.81. The van der Waals surface area contributed by atoms with Crippen molar-refractivity contribution in [2.24, 2.45) is 5.92 Å². The first-order valence-electron chi connectivity index (χ1n) is 8.10. The van der Waals surface area contributed by atoms with Crippen molar-refractivity contribution in [3.63, 3.8) is 0 Å². The topological polar surface area (TPSA) is 58.2 Å². The molecule has 23 heavy (non-hydrogen) atoms. The van der Waals surface area contributed by atoms with Crippen LogP contribution in [0.4, 0.5) is 0 Å². The molecule has 6 heteroatoms. The van der Waals surface area contributed by atoms with Gasteiger partial charge in [0.25, 0.3) is 0 Å². The minimum absolute atomic E-state index is 0. The van der Waals surface area contributed by atoms with E-state index in [1.165, 1.54) is 12.8 Å². The molecule has 1 aliphatic rings. The molecule has 1 aromatic rings. The first-order chi connectivity index (χ1) is 10.3. The zero-order valence-electron chi connectivity index (χ0n) is 14.5. The van der Waals surface area contributed by atoms with Crippen LogP contribution in [0.2, 0.25) is 0 Å². The van der Waals surface area contributed by atoms with Gasteiger partial charge in [-0.25, -0.2) is 13.1 Å². The lowest BCUT2D eigenvalue weighted by Crippen LogP contribution is -2.33. The van der Waals surface area contributed by atoms with Gasteiger partial charge in [0, 0.05) is 6.54 Å². The van der Waals surface area contributed by atoms with Crippen molar-refractivity contribution in [2.75, 3.05) is 19.6 Å². The molecule has 132 valence electrons. The molecule has 1 atom stereocenters. The molecule has 0 radical (unpaired) electrons. The summed E-state index contributed by atoms with van der Waals surface area (Å²) in [6.45, 7) is 10.3. The van der Waals surface area contributed by atoms with Crippen molar-refractivity contribution in [3.8, 4) is 0 Å². The summed E-state index contributed by atoms with van der Waals surface area (Å²) in [7, 11) is -3.44. The predicted octanol–water partition coefficient (Wildman–Crippen LogP) is 3.01. The second-order valence-electron chi connectivity index (χ2n) is 6.49. The van der Waals surface area contributed by atoms with Gasteiger partial charge >= 0.3 is 0 Å². The third kappa shape index (κ3) is 4.92. The summed E-state index contributed by atoms with van der Waals surface area (Å²) in [5.41, 5.74) is 3.77. The smallest absolute Gasteiger partial charge is 0.241 e. The Bertz CT molecular complexity index is 612. The zero-order valence-corrected chi connectivity index (χ0v) is 16.2. The Balaban J connectivity index is 0.00000264. The highest BCUT2D eigenvalue weighted by atomic mass is 35.5. The summed E-state index contributed by atoms with van der Waals surface area (Å²) >= 11 is 0. The van der Waals surface area contributed by atoms with E-state index in [9.17, 15) is 8.42 Å². The Kier molecular flexibility index (Phi) is 7.52. The molecule has 1 aromatic carbocycles. The Morgan fingerprint density at radius 3 is 2.30 bits per heavy atom. The van der Waals surface area contributed by atoms with Crippen molar-refractivity contribution in [3.05, 3.63) is 28.3 Å². The molecule has 1 saturated heterocycles. The van der Waals surface area contributed by atoms with Crippen LogP contribution in [0.3, 0.4) is 0 Å². The molecular weight excluding hydrogens is 332 g/mol. The number of benzene rings is 1. The number of aryl methyl sites for hydroxylation is 2. The number of rotatable bonds is 5. The molecule has 1 fully saturated rings. The first-order valence-corrected chi connectivity index (χ1v) is 9.59. The highest BCUT2D eigenvalue weighted by Crippen LogP contribution is 2.26. The number of sulfonamides is 1. The highest BCUT2D eigenvalue weighted by Gasteiger charge is 2.22. The quantitative estimate of drug-likeness (QED) is 0.848. The summed E-state index contributed by atoms with van der Waals surface area (Å²) in [5, 5.41) is 3.37. The number of piperidine rings is 1. The van der Waals surface area contributed by atoms with Crippen molar-refractivity contribution in [1.29, 1.82) is 0 Å². The van der Waals surface area contributed by atoms with Gasteiger partial charge in [-0.15, -0.1) is 12.4 Å². The van der Waals surface area contributed by atoms with Gasteiger partial charge in [-0.2, -0.15) is 0 Å². The average molecular weight is 361 g/mol. The normalized spacial score (nSPS) is 18.5. The van der Waals surface area contributed by atoms with Gasteiger partial charge in [-0.3, -0.25) is 0 Å². The molecule has 0 amide bonds. The molecule has 0 bridgehead atoms. The number of nitrogens with one attached hydrogen (secondary N) is 2. The van der Waals surface area contributed by atoms with E-state index in [1.54, 1.807) is 0 Å². The van der Waals surface area contributed by atoms with E-state index in [0.29, 0.717) is 17.4 Å². The summed E-state index contributed by atoms with van der Waals surface area (Å²) in [5.74, 6) is 0.581. The first kappa shape index (κ1) is 20.4. The maximum Gasteiger partial charge on any atom is 0.241 e. The third-order valence-corrected chi connectivity index (χ3v) is 6.54. The van der Waals surface area contributed by atoms with Crippen LogP contribution in [0, 0.1) is 33.6 Å². The number of hydrogen-bond acceptors (Lipinski definition) is 3. The van der Waals surface area contributed by atoms with Gasteiger partial charge in [-0.1, -0.05) is 6.07 Å². The van der Waals surface area contributed by atoms with Gasteiger partial charge in [0.1, 0.15) is 0 Å². The van der Waals surface area contributed by atoms with Crippen LogP contribution in [0.1, 0.15) is 41.5 Å². The second-order valence-corrected chi connectivity index (χ2v) is 8.19. The average Bonchev–Trinajstić information content (AvgIpc) is 2.46. The molecule has 0 aliphatic carbocycles. The van der Waals surface area contributed by atoms with Gasteiger partial charge in [-0.05, 0) is 88.2 Å². The second kappa shape index (κ2) is 8.47. The lowest BCUT2D eigenvalue weighted by atomic mass is 9.96. The van der Waals surface area contributed by atoms with Crippen molar-refractivity contribution in [2.45, 2.75) is 51.9 Å². The molecule has 0 aromatic heterocycles. The largest absolute Gasteiger partial charge is 0.316 e. The van der Waals surface area contributed by atoms with Gasteiger partial charge in [0.15, 0.2) is 0 Å². The van der Waals surface area contributed by atoms with E-state index in [4.69, 9.17) is 0 Å². The maximum absolute atomic E-state index is 12.7.